The summed E-state index contributed by atoms with van der Waals surface area (Å²) < 4.78 is 0. The van der Waals surface area contributed by atoms with Crippen molar-refractivity contribution in [1.82, 2.24) is 4.90 Å². The van der Waals surface area contributed by atoms with E-state index in [4.69, 9.17) is 0 Å². The smallest absolute Gasteiger partial charge is 0.158 e. The third-order valence-corrected chi connectivity index (χ3v) is 4.40. The highest BCUT2D eigenvalue weighted by Gasteiger charge is 2.28. The molecule has 0 aromatic heterocycles. The van der Waals surface area contributed by atoms with Crippen LogP contribution in [0.2, 0.25) is 0 Å². The second-order valence-electron chi connectivity index (χ2n) is 6.04. The van der Waals surface area contributed by atoms with Crippen molar-refractivity contribution in [2.75, 3.05) is 13.1 Å². The van der Waals surface area contributed by atoms with Gasteiger partial charge in [-0.3, -0.25) is 9.69 Å². The summed E-state index contributed by atoms with van der Waals surface area (Å²) >= 11 is 0. The van der Waals surface area contributed by atoms with Gasteiger partial charge >= 0.3 is 0 Å². The molecule has 2 nitrogen and oxygen atoms in total. The molecule has 1 fully saturated rings. The van der Waals surface area contributed by atoms with Gasteiger partial charge in [0.25, 0.3) is 0 Å². The van der Waals surface area contributed by atoms with Crippen LogP contribution >= 0.6 is 0 Å². The number of piperidine rings is 1. The number of Topliss-reactive ketones (excluding diaryl/α,β-unsaturated/α-hetero) is 1. The van der Waals surface area contributed by atoms with Gasteiger partial charge in [0.15, 0.2) is 5.78 Å². The van der Waals surface area contributed by atoms with E-state index in [0.29, 0.717) is 12.2 Å². The van der Waals surface area contributed by atoms with Gasteiger partial charge < -0.3 is 0 Å². The summed E-state index contributed by atoms with van der Waals surface area (Å²) in [5, 5.41) is 0. The van der Waals surface area contributed by atoms with Gasteiger partial charge in [-0.25, -0.2) is 0 Å². The van der Waals surface area contributed by atoms with Crippen molar-refractivity contribution in [2.24, 2.45) is 0 Å². The Labute approximate surface area is 132 Å². The van der Waals surface area contributed by atoms with Crippen LogP contribution in [0.4, 0.5) is 0 Å². The largest absolute Gasteiger partial charge is 0.297 e. The van der Waals surface area contributed by atoms with Crippen LogP contribution in [-0.4, -0.2) is 23.8 Å². The van der Waals surface area contributed by atoms with E-state index in [1.807, 2.05) is 48.5 Å². The fourth-order valence-electron chi connectivity index (χ4n) is 3.31. The fourth-order valence-corrected chi connectivity index (χ4v) is 3.31. The fraction of sp³-hybridized carbons (Fsp3) is 0.350. The number of hydrogen-bond acceptors (Lipinski definition) is 2. The lowest BCUT2D eigenvalue weighted by molar-refractivity contribution is -0.124. The normalized spacial score (nSPS) is 17.1. The van der Waals surface area contributed by atoms with Gasteiger partial charge in [0.2, 0.25) is 0 Å². The van der Waals surface area contributed by atoms with Crippen molar-refractivity contribution >= 4 is 5.78 Å². The molecule has 0 N–H and O–H groups in total. The zero-order chi connectivity index (χ0) is 15.2. The van der Waals surface area contributed by atoms with Gasteiger partial charge in [0.05, 0.1) is 6.04 Å². The molecular formula is C20H23NO. The van der Waals surface area contributed by atoms with Crippen molar-refractivity contribution in [1.29, 1.82) is 0 Å². The molecule has 3 rings (SSSR count). The minimum absolute atomic E-state index is 0.0956. The highest BCUT2D eigenvalue weighted by molar-refractivity contribution is 5.87. The Hall–Kier alpha value is -1.93. The second-order valence-corrected chi connectivity index (χ2v) is 6.04. The first-order valence-corrected chi connectivity index (χ1v) is 8.20. The van der Waals surface area contributed by atoms with Crippen molar-refractivity contribution in [3.05, 3.63) is 71.8 Å². The third-order valence-electron chi connectivity index (χ3n) is 4.40. The van der Waals surface area contributed by atoms with Crippen LogP contribution in [0.15, 0.2) is 60.7 Å². The minimum atomic E-state index is -0.0956. The van der Waals surface area contributed by atoms with Crippen molar-refractivity contribution in [3.8, 4) is 0 Å². The molecule has 1 atom stereocenters. The molecule has 0 aliphatic carbocycles. The lowest BCUT2D eigenvalue weighted by atomic mass is 9.94. The first-order valence-electron chi connectivity index (χ1n) is 8.20. The summed E-state index contributed by atoms with van der Waals surface area (Å²) in [5.74, 6) is 0.305. The lowest BCUT2D eigenvalue weighted by Crippen LogP contribution is -2.38. The number of likely N-dealkylation sites (tertiary alicyclic amines) is 1. The van der Waals surface area contributed by atoms with E-state index >= 15 is 0 Å². The first-order chi connectivity index (χ1) is 10.8. The highest BCUT2D eigenvalue weighted by atomic mass is 16.1. The summed E-state index contributed by atoms with van der Waals surface area (Å²) in [7, 11) is 0. The van der Waals surface area contributed by atoms with E-state index in [-0.39, 0.29) is 6.04 Å². The molecular weight excluding hydrogens is 270 g/mol. The number of benzene rings is 2. The monoisotopic (exact) mass is 293 g/mol. The molecule has 1 saturated heterocycles. The van der Waals surface area contributed by atoms with Crippen LogP contribution in [0.3, 0.4) is 0 Å². The van der Waals surface area contributed by atoms with Crippen LogP contribution in [0.25, 0.3) is 0 Å². The first kappa shape index (κ1) is 15.0. The van der Waals surface area contributed by atoms with Gasteiger partial charge in [0.1, 0.15) is 0 Å². The van der Waals surface area contributed by atoms with E-state index in [1.54, 1.807) is 0 Å². The van der Waals surface area contributed by atoms with Crippen molar-refractivity contribution in [2.45, 2.75) is 31.7 Å². The van der Waals surface area contributed by atoms with Crippen molar-refractivity contribution < 1.29 is 4.79 Å². The maximum atomic E-state index is 13.0. The van der Waals surface area contributed by atoms with E-state index < -0.39 is 0 Å². The van der Waals surface area contributed by atoms with E-state index in [9.17, 15) is 4.79 Å². The summed E-state index contributed by atoms with van der Waals surface area (Å²) in [4.78, 5) is 15.3. The second kappa shape index (κ2) is 7.37. The van der Waals surface area contributed by atoms with Crippen LogP contribution < -0.4 is 0 Å². The zero-order valence-corrected chi connectivity index (χ0v) is 12.9. The SMILES string of the molecule is O=C(Cc1ccccc1)C(c1ccccc1)N1CCCCC1. The minimum Gasteiger partial charge on any atom is -0.297 e. The molecule has 0 radical (unpaired) electrons. The number of nitrogens with zero attached hydrogens (tertiary/aromatic N) is 1. The molecule has 0 bridgehead atoms. The Balaban J connectivity index is 1.82. The van der Waals surface area contributed by atoms with Crippen LogP contribution in [0, 0.1) is 0 Å². The number of carbonyl (C=O) groups is 1. The van der Waals surface area contributed by atoms with E-state index in [1.165, 1.54) is 19.3 Å². The van der Waals surface area contributed by atoms with E-state index in [0.717, 1.165) is 24.2 Å². The summed E-state index contributed by atoms with van der Waals surface area (Å²) in [5.41, 5.74) is 2.23. The Morgan fingerprint density at radius 3 is 2.09 bits per heavy atom. The Bertz CT molecular complexity index is 588. The molecule has 1 aliphatic rings. The quantitative estimate of drug-likeness (QED) is 0.829. The summed E-state index contributed by atoms with van der Waals surface area (Å²) in [6, 6.07) is 20.2. The molecule has 114 valence electrons. The van der Waals surface area contributed by atoms with E-state index in [2.05, 4.69) is 17.0 Å². The number of ketones is 1. The molecule has 0 amide bonds. The molecule has 2 aromatic carbocycles. The molecule has 1 heterocycles. The highest BCUT2D eigenvalue weighted by Crippen LogP contribution is 2.26. The third kappa shape index (κ3) is 3.63. The average molecular weight is 293 g/mol. The van der Waals surface area contributed by atoms with Crippen LogP contribution in [-0.2, 0) is 11.2 Å². The Morgan fingerprint density at radius 1 is 0.864 bits per heavy atom. The number of rotatable bonds is 5. The van der Waals surface area contributed by atoms with Gasteiger partial charge in [-0.1, -0.05) is 67.1 Å². The lowest BCUT2D eigenvalue weighted by Gasteiger charge is -2.34. The standard InChI is InChI=1S/C20H23NO/c22-19(16-17-10-4-1-5-11-17)20(18-12-6-2-7-13-18)21-14-8-3-9-15-21/h1-2,4-7,10-13,20H,3,8-9,14-16H2. The summed E-state index contributed by atoms with van der Waals surface area (Å²) in [6.45, 7) is 2.06. The van der Waals surface area contributed by atoms with Crippen LogP contribution in [0.5, 0.6) is 0 Å². The topological polar surface area (TPSA) is 20.3 Å². The molecule has 2 heteroatoms. The molecule has 22 heavy (non-hydrogen) atoms. The molecule has 1 aliphatic heterocycles. The maximum absolute atomic E-state index is 13.0. The summed E-state index contributed by atoms with van der Waals surface area (Å²) in [6.07, 6.45) is 4.19. The Kier molecular flexibility index (Phi) is 5.02. The predicted octanol–water partition coefficient (Wildman–Crippen LogP) is 4.03. The number of carbonyl (C=O) groups excluding carboxylic acids is 1. The van der Waals surface area contributed by atoms with Gasteiger partial charge in [-0.2, -0.15) is 0 Å². The van der Waals surface area contributed by atoms with Crippen molar-refractivity contribution in [3.63, 3.8) is 0 Å². The molecule has 2 aromatic rings. The van der Waals surface area contributed by atoms with Gasteiger partial charge in [-0.05, 0) is 37.1 Å². The predicted molar refractivity (Wildman–Crippen MR) is 89.8 cm³/mol. The Morgan fingerprint density at radius 2 is 1.45 bits per heavy atom. The maximum Gasteiger partial charge on any atom is 0.158 e. The zero-order valence-electron chi connectivity index (χ0n) is 12.9. The molecule has 0 saturated carbocycles. The molecule has 1 unspecified atom stereocenters. The van der Waals surface area contributed by atoms with Crippen LogP contribution in [0.1, 0.15) is 36.4 Å². The molecule has 0 spiro atoms. The van der Waals surface area contributed by atoms with Gasteiger partial charge in [-0.15, -0.1) is 0 Å². The number of hydrogen-bond donors (Lipinski definition) is 0. The average Bonchev–Trinajstić information content (AvgIpc) is 2.58. The van der Waals surface area contributed by atoms with Gasteiger partial charge in [0, 0.05) is 6.42 Å².